The van der Waals surface area contributed by atoms with Crippen molar-refractivity contribution in [2.45, 2.75) is 64.8 Å². The smallest absolute Gasteiger partial charge is 0.338 e. The third-order valence-electron chi connectivity index (χ3n) is 15.4. The minimum absolute atomic E-state index is 0.0550. The van der Waals surface area contributed by atoms with Crippen molar-refractivity contribution in [1.82, 2.24) is 19.5 Å². The van der Waals surface area contributed by atoms with Gasteiger partial charge in [-0.2, -0.15) is 8.78 Å². The maximum absolute atomic E-state index is 12.8. The van der Waals surface area contributed by atoms with E-state index in [0.29, 0.717) is 45.8 Å². The van der Waals surface area contributed by atoms with E-state index < -0.39 is 55.7 Å². The van der Waals surface area contributed by atoms with Crippen molar-refractivity contribution in [3.05, 3.63) is 236 Å². The standard InChI is InChI=1S/C19H21N3O3S.C11H11NO2S.C9H12ClNO.C9H10N2O4.C9H12N2O2.C8H6FNO4.C7H4FNO4.C2H6/c1-11-9-20-15(12(2)17(11)24-4)10-26-19-21-14-8-13(18(23)25-5)6-7-16(14)22(19)3;1-12-9-4-3-7(11(13)14-2)5-8(9)6-10(12)15;1-6-5-11-8(4-10)7(2)9(6)12-3;1-10-7-4-3-6(9(12)15-2)5-8(7)11(13)14;1-11-8-4-3-6(5-7(8)10)9(12)13-2;1-14-8(11)5-2-3-6(9)7(4-5)10(12)13;8-5-2-1-4(7(10)11)3-6(5)9(12)13;1-2/h6-9H,10H2,1-5H3;3-5H,6H2,1-2H3;5H,4H2,1-3H3;3-5,10H,1-2H3;3-5,11H,10H2,1-2H3;2-4H,1H3;1-3H,(H,10,11);1-2H3. The van der Waals surface area contributed by atoms with Crippen LogP contribution in [0.5, 0.6) is 11.5 Å². The molecule has 110 heavy (non-hydrogen) atoms. The van der Waals surface area contributed by atoms with Crippen LogP contribution in [0.15, 0.2) is 127 Å². The summed E-state index contributed by atoms with van der Waals surface area (Å²) in [5.41, 5.74) is 16.8. The number of nitro groups is 3. The molecule has 0 unspecified atom stereocenters. The van der Waals surface area contributed by atoms with Gasteiger partial charge >= 0.3 is 47.2 Å². The summed E-state index contributed by atoms with van der Waals surface area (Å²) in [6.45, 7) is 11.9. The van der Waals surface area contributed by atoms with E-state index in [1.165, 1.54) is 46.6 Å². The Morgan fingerprint density at radius 3 is 1.41 bits per heavy atom. The molecule has 31 nitrogen and oxygen atoms in total. The van der Waals surface area contributed by atoms with E-state index in [1.807, 2.05) is 89.5 Å². The minimum atomic E-state index is -1.33. The fraction of sp³-hybridized carbons (Fsp3) is 0.270. The van der Waals surface area contributed by atoms with E-state index in [2.05, 4.69) is 44.5 Å². The largest absolute Gasteiger partial charge is 0.496 e. The van der Waals surface area contributed by atoms with Gasteiger partial charge in [-0.3, -0.25) is 40.3 Å². The maximum Gasteiger partial charge on any atom is 0.338 e. The van der Waals surface area contributed by atoms with Gasteiger partial charge in [0.2, 0.25) is 11.6 Å². The number of benzene rings is 6. The van der Waals surface area contributed by atoms with Crippen LogP contribution in [0.2, 0.25) is 0 Å². The Kier molecular flexibility index (Phi) is 37.2. The van der Waals surface area contributed by atoms with E-state index in [-0.39, 0.29) is 40.3 Å². The Bertz CT molecular complexity index is 4840. The maximum atomic E-state index is 12.8. The summed E-state index contributed by atoms with van der Waals surface area (Å²) in [5, 5.41) is 46.0. The number of ether oxygens (including phenoxy) is 7. The fourth-order valence-electron chi connectivity index (χ4n) is 9.68. The molecule has 0 saturated heterocycles. The van der Waals surface area contributed by atoms with Crippen LogP contribution in [0.1, 0.15) is 115 Å². The van der Waals surface area contributed by atoms with Gasteiger partial charge in [-0.05, 0) is 124 Å². The summed E-state index contributed by atoms with van der Waals surface area (Å²) in [7, 11) is 17.0. The average Bonchev–Trinajstić information content (AvgIpc) is 1.66. The Hall–Kier alpha value is -12.5. The number of hydrogen-bond donors (Lipinski definition) is 4. The summed E-state index contributed by atoms with van der Waals surface area (Å²) >= 11 is 12.5. The number of aryl methyl sites for hydroxylation is 3. The molecular weight excluding hydrogens is 1500 g/mol. The van der Waals surface area contributed by atoms with Gasteiger partial charge in [0.25, 0.3) is 5.69 Å². The first-order valence-corrected chi connectivity index (χ1v) is 34.2. The second-order valence-electron chi connectivity index (χ2n) is 22.0. The lowest BCUT2D eigenvalue weighted by Gasteiger charge is -2.11. The van der Waals surface area contributed by atoms with Gasteiger partial charge in [0, 0.05) is 98.9 Å². The van der Waals surface area contributed by atoms with Crippen molar-refractivity contribution in [2.75, 3.05) is 92.2 Å². The Morgan fingerprint density at radius 1 is 0.582 bits per heavy atom. The highest BCUT2D eigenvalue weighted by Gasteiger charge is 2.24. The number of pyridine rings is 2. The molecule has 9 aromatic rings. The van der Waals surface area contributed by atoms with Crippen LogP contribution in [-0.4, -0.2) is 151 Å². The molecule has 0 bridgehead atoms. The third kappa shape index (κ3) is 25.1. The van der Waals surface area contributed by atoms with Gasteiger partial charge in [-0.25, -0.2) is 33.8 Å². The molecule has 3 aromatic heterocycles. The quantitative estimate of drug-likeness (QED) is 0.00961. The van der Waals surface area contributed by atoms with Crippen LogP contribution in [0.25, 0.3) is 11.0 Å². The topological polar surface area (TPSA) is 414 Å². The number of aromatic nitrogens is 4. The van der Waals surface area contributed by atoms with E-state index in [4.69, 9.17) is 48.9 Å². The lowest BCUT2D eigenvalue weighted by molar-refractivity contribution is -0.387. The lowest BCUT2D eigenvalue weighted by atomic mass is 10.1. The number of esters is 5. The number of likely N-dealkylation sites (N-methyl/N-ethyl adjacent to an activating group) is 1. The number of fused-ring (bicyclic) bond motifs is 2. The molecule has 0 spiro atoms. The number of anilines is 4. The molecule has 5 N–H and O–H groups in total. The zero-order valence-electron chi connectivity index (χ0n) is 63.0. The van der Waals surface area contributed by atoms with E-state index in [0.717, 1.165) is 127 Å². The minimum Gasteiger partial charge on any atom is -0.496 e. The number of hydrogen-bond acceptors (Lipinski definition) is 27. The number of carboxylic acid groups (broad SMARTS) is 1. The number of thioether (sulfide) groups is 1. The van der Waals surface area contributed by atoms with Gasteiger partial charge in [-0.15, -0.1) is 11.6 Å². The molecule has 0 aliphatic carbocycles. The highest BCUT2D eigenvalue weighted by Crippen LogP contribution is 2.33. The van der Waals surface area contributed by atoms with Gasteiger partial charge in [-0.1, -0.05) is 37.8 Å². The second-order valence-corrected chi connectivity index (χ2v) is 23.7. The number of rotatable bonds is 17. The van der Waals surface area contributed by atoms with Crippen LogP contribution in [0.3, 0.4) is 0 Å². The number of alkyl halides is 1. The Morgan fingerprint density at radius 2 is 0.973 bits per heavy atom. The van der Waals surface area contributed by atoms with Crippen molar-refractivity contribution in [1.29, 1.82) is 0 Å². The fourth-order valence-corrected chi connectivity index (χ4v) is 11.2. The number of nitrogen functional groups attached to an aromatic ring is 1. The highest BCUT2D eigenvalue weighted by molar-refractivity contribution is 7.98. The normalized spacial score (nSPS) is 10.4. The number of nitrogens with zero attached hydrogens (tertiary/aromatic N) is 8. The zero-order chi connectivity index (χ0) is 83.0. The number of nitrogens with two attached hydrogens (primary N) is 1. The molecule has 1 aliphatic rings. The number of halogens is 3. The van der Waals surface area contributed by atoms with Crippen molar-refractivity contribution in [3.8, 4) is 11.5 Å². The van der Waals surface area contributed by atoms with Crippen LogP contribution < -0.4 is 30.7 Å². The van der Waals surface area contributed by atoms with Crippen molar-refractivity contribution < 1.29 is 90.6 Å². The predicted octanol–water partition coefficient (Wildman–Crippen LogP) is 14.4. The predicted molar refractivity (Wildman–Crippen MR) is 416 cm³/mol. The Labute approximate surface area is 645 Å². The number of carboxylic acids is 1. The van der Waals surface area contributed by atoms with Crippen LogP contribution in [-0.2, 0) is 48.8 Å². The monoisotopic (exact) mass is 1580 g/mol. The first kappa shape index (κ1) is 91.7. The second kappa shape index (κ2) is 44.6. The average molecular weight is 1580 g/mol. The molecule has 586 valence electrons. The first-order chi connectivity index (χ1) is 52.1. The lowest BCUT2D eigenvalue weighted by Crippen LogP contribution is -2.18. The highest BCUT2D eigenvalue weighted by atomic mass is 35.5. The number of thiocarbonyl (C=S) groups is 1. The summed E-state index contributed by atoms with van der Waals surface area (Å²) < 4.78 is 60.9. The van der Waals surface area contributed by atoms with E-state index in [1.54, 1.807) is 82.7 Å². The number of aromatic carboxylic acids is 1. The molecule has 1 aliphatic heterocycles. The molecular formula is C74H82ClF2N11O20S2. The number of methoxy groups -OCH3 is 7. The summed E-state index contributed by atoms with van der Waals surface area (Å²) in [6, 6.07) is 25.2. The molecule has 0 saturated carbocycles. The third-order valence-corrected chi connectivity index (χ3v) is 17.1. The summed E-state index contributed by atoms with van der Waals surface area (Å²) in [5.74, 6) is -2.86. The molecule has 10 rings (SSSR count). The van der Waals surface area contributed by atoms with Gasteiger partial charge < -0.3 is 64.1 Å². The SMILES string of the molecule is CC.CNc1ccc(C(=O)OC)cc1N.CNc1ccc(C(=O)OC)cc1[N+](=O)[O-].COC(=O)c1ccc(F)c([N+](=O)[O-])c1.COC(=O)c1ccc2c(c1)CC(=S)N2C.COC(=O)c1ccc2c(c1)nc(SCc1ncc(C)c(OC)c1C)n2C.COc1c(C)cnc(CCl)c1C.O=C(O)c1ccc(F)c([N+](=O)[O-])c1. The van der Waals surface area contributed by atoms with Gasteiger partial charge in [0.05, 0.1) is 143 Å². The summed E-state index contributed by atoms with van der Waals surface area (Å²) in [4.78, 5) is 111. The van der Waals surface area contributed by atoms with Crippen molar-refractivity contribution >= 4 is 127 Å². The van der Waals surface area contributed by atoms with Crippen molar-refractivity contribution in [2.24, 2.45) is 7.05 Å². The van der Waals surface area contributed by atoms with Crippen LogP contribution in [0.4, 0.5) is 48.6 Å². The molecule has 0 amide bonds. The first-order valence-electron chi connectivity index (χ1n) is 32.3. The molecule has 0 radical (unpaired) electrons. The van der Waals surface area contributed by atoms with Gasteiger partial charge in [0.1, 0.15) is 17.2 Å². The molecule has 36 heteroatoms. The molecule has 4 heterocycles. The summed E-state index contributed by atoms with van der Waals surface area (Å²) in [6.07, 6.45) is 4.34. The van der Waals surface area contributed by atoms with Crippen molar-refractivity contribution in [3.63, 3.8) is 0 Å². The molecule has 6 aromatic carbocycles. The van der Waals surface area contributed by atoms with Crippen LogP contribution >= 0.6 is 35.6 Å². The van der Waals surface area contributed by atoms with Gasteiger partial charge in [0.15, 0.2) is 5.16 Å². The molecule has 0 fully saturated rings. The zero-order valence-corrected chi connectivity index (χ0v) is 65.4. The van der Waals surface area contributed by atoms with Crippen LogP contribution in [0, 0.1) is 69.7 Å². The number of carbonyl (C=O) groups excluding carboxylic acids is 5. The number of carbonyl (C=O) groups is 6. The number of nitrogens with one attached hydrogen (secondary N) is 2. The van der Waals surface area contributed by atoms with E-state index >= 15 is 0 Å². The number of nitro benzene ring substituents is 3. The number of imidazole rings is 1. The Balaban J connectivity index is 0.000000337. The molecule has 0 atom stereocenters. The van der Waals surface area contributed by atoms with E-state index in [9.17, 15) is 67.9 Å².